The third-order valence-corrected chi connectivity index (χ3v) is 5.18. The van der Waals surface area contributed by atoms with Crippen molar-refractivity contribution >= 4 is 43.4 Å². The lowest BCUT2D eigenvalue weighted by atomic mass is 10.3. The number of hydrogen-bond acceptors (Lipinski definition) is 3. The summed E-state index contributed by atoms with van der Waals surface area (Å²) in [6.45, 7) is 4.70. The van der Waals surface area contributed by atoms with Gasteiger partial charge in [-0.05, 0) is 48.0 Å². The first kappa shape index (κ1) is 15.2. The summed E-state index contributed by atoms with van der Waals surface area (Å²) in [6, 6.07) is 7.77. The van der Waals surface area contributed by atoms with Gasteiger partial charge in [0.1, 0.15) is 0 Å². The van der Waals surface area contributed by atoms with E-state index in [1.54, 1.807) is 10.7 Å². The molecule has 2 aromatic heterocycles. The average molecular weight is 379 g/mol. The van der Waals surface area contributed by atoms with Crippen molar-refractivity contribution in [2.45, 2.75) is 20.4 Å². The molecule has 0 saturated carbocycles. The first-order valence-corrected chi connectivity index (χ1v) is 8.49. The first-order chi connectivity index (χ1) is 10.5. The number of halogens is 1. The van der Waals surface area contributed by atoms with E-state index in [-0.39, 0.29) is 5.91 Å². The fourth-order valence-electron chi connectivity index (χ4n) is 2.27. The van der Waals surface area contributed by atoms with E-state index in [1.807, 2.05) is 43.7 Å². The number of fused-ring (bicyclic) bond motifs is 1. The van der Waals surface area contributed by atoms with Gasteiger partial charge in [-0.25, -0.2) is 0 Å². The highest BCUT2D eigenvalue weighted by molar-refractivity contribution is 9.10. The van der Waals surface area contributed by atoms with Crippen LogP contribution >= 0.6 is 27.3 Å². The molecule has 1 amide bonds. The molecule has 0 saturated heterocycles. The van der Waals surface area contributed by atoms with Gasteiger partial charge in [0.15, 0.2) is 10.5 Å². The maximum Gasteiger partial charge on any atom is 0.300 e. The summed E-state index contributed by atoms with van der Waals surface area (Å²) in [5.41, 5.74) is 2.37. The lowest BCUT2D eigenvalue weighted by Gasteiger charge is -2.01. The van der Waals surface area contributed by atoms with Crippen LogP contribution in [0.3, 0.4) is 0 Å². The lowest BCUT2D eigenvalue weighted by molar-refractivity contribution is 0.0992. The molecule has 0 unspecified atom stereocenters. The zero-order valence-corrected chi connectivity index (χ0v) is 14.9. The number of benzene rings is 1. The Labute approximate surface area is 140 Å². The van der Waals surface area contributed by atoms with Crippen molar-refractivity contribution in [3.63, 3.8) is 0 Å². The molecule has 0 aliphatic heterocycles. The predicted molar refractivity (Wildman–Crippen MR) is 91.0 cm³/mol. The standard InChI is InChI=1S/C15H15BrN4OS/c1-4-20-13-10(16)6-5-7-12(13)22-15(20)17-14(21)11-8-9(2)19(3)18-11/h5-8H,4H2,1-3H3. The summed E-state index contributed by atoms with van der Waals surface area (Å²) < 4.78 is 5.82. The minimum absolute atomic E-state index is 0.312. The Morgan fingerprint density at radius 2 is 2.23 bits per heavy atom. The lowest BCUT2D eigenvalue weighted by Crippen LogP contribution is -2.16. The Bertz CT molecular complexity index is 915. The number of hydrogen-bond donors (Lipinski definition) is 0. The van der Waals surface area contributed by atoms with Crippen molar-refractivity contribution in [3.8, 4) is 0 Å². The molecule has 0 radical (unpaired) electrons. The largest absolute Gasteiger partial charge is 0.316 e. The number of carbonyl (C=O) groups excluding carboxylic acids is 1. The number of amides is 1. The second kappa shape index (κ2) is 5.81. The van der Waals surface area contributed by atoms with Crippen molar-refractivity contribution in [1.82, 2.24) is 14.3 Å². The van der Waals surface area contributed by atoms with E-state index >= 15 is 0 Å². The minimum Gasteiger partial charge on any atom is -0.316 e. The van der Waals surface area contributed by atoms with Crippen LogP contribution in [0.15, 0.2) is 33.7 Å². The predicted octanol–water partition coefficient (Wildman–Crippen LogP) is 3.27. The number of nitrogens with zero attached hydrogens (tertiary/aromatic N) is 4. The van der Waals surface area contributed by atoms with Gasteiger partial charge in [-0.3, -0.25) is 9.48 Å². The van der Waals surface area contributed by atoms with E-state index in [4.69, 9.17) is 0 Å². The molecule has 3 aromatic rings. The zero-order valence-electron chi connectivity index (χ0n) is 12.5. The van der Waals surface area contributed by atoms with E-state index in [2.05, 4.69) is 26.0 Å². The second-order valence-corrected chi connectivity index (χ2v) is 6.79. The average Bonchev–Trinajstić information content (AvgIpc) is 3.00. The Balaban J connectivity index is 2.17. The summed E-state index contributed by atoms with van der Waals surface area (Å²) >= 11 is 5.08. The van der Waals surface area contributed by atoms with E-state index in [0.717, 1.165) is 26.9 Å². The number of carbonyl (C=O) groups is 1. The molecule has 114 valence electrons. The molecule has 3 rings (SSSR count). The summed E-state index contributed by atoms with van der Waals surface area (Å²) in [6.07, 6.45) is 0. The number of rotatable bonds is 2. The van der Waals surface area contributed by atoms with Gasteiger partial charge in [0.05, 0.1) is 10.2 Å². The van der Waals surface area contributed by atoms with E-state index in [9.17, 15) is 4.79 Å². The van der Waals surface area contributed by atoms with Gasteiger partial charge in [-0.2, -0.15) is 10.1 Å². The van der Waals surface area contributed by atoms with Crippen LogP contribution in [0.5, 0.6) is 0 Å². The van der Waals surface area contributed by atoms with Crippen molar-refractivity contribution in [3.05, 3.63) is 44.9 Å². The Kier molecular flexibility index (Phi) is 4.01. The van der Waals surface area contributed by atoms with Gasteiger partial charge in [0, 0.05) is 23.8 Å². The highest BCUT2D eigenvalue weighted by Crippen LogP contribution is 2.25. The van der Waals surface area contributed by atoms with Crippen LogP contribution in [0.2, 0.25) is 0 Å². The summed E-state index contributed by atoms with van der Waals surface area (Å²) in [5.74, 6) is -0.312. The van der Waals surface area contributed by atoms with Gasteiger partial charge >= 0.3 is 0 Å². The number of aryl methyl sites for hydroxylation is 3. The van der Waals surface area contributed by atoms with Crippen LogP contribution in [0.25, 0.3) is 10.2 Å². The molecular formula is C15H15BrN4OS. The zero-order chi connectivity index (χ0) is 15.9. The van der Waals surface area contributed by atoms with Crippen LogP contribution in [0.1, 0.15) is 23.1 Å². The number of aromatic nitrogens is 3. The van der Waals surface area contributed by atoms with Crippen LogP contribution in [-0.2, 0) is 13.6 Å². The Hall–Kier alpha value is -1.73. The minimum atomic E-state index is -0.312. The fourth-order valence-corrected chi connectivity index (χ4v) is 4.11. The van der Waals surface area contributed by atoms with Crippen LogP contribution in [-0.4, -0.2) is 20.3 Å². The Morgan fingerprint density at radius 1 is 1.45 bits per heavy atom. The van der Waals surface area contributed by atoms with Crippen molar-refractivity contribution in [2.75, 3.05) is 0 Å². The summed E-state index contributed by atoms with van der Waals surface area (Å²) in [7, 11) is 1.81. The third kappa shape index (κ3) is 2.55. The SMILES string of the molecule is CCn1c(=NC(=O)c2cc(C)n(C)n2)sc2cccc(Br)c21. The van der Waals surface area contributed by atoms with E-state index < -0.39 is 0 Å². The van der Waals surface area contributed by atoms with E-state index in [0.29, 0.717) is 10.5 Å². The van der Waals surface area contributed by atoms with Gasteiger partial charge in [-0.1, -0.05) is 17.4 Å². The molecular weight excluding hydrogens is 364 g/mol. The quantitative estimate of drug-likeness (QED) is 0.686. The molecule has 22 heavy (non-hydrogen) atoms. The maximum atomic E-state index is 12.3. The van der Waals surface area contributed by atoms with Gasteiger partial charge in [0.25, 0.3) is 5.91 Å². The fraction of sp³-hybridized carbons (Fsp3) is 0.267. The smallest absolute Gasteiger partial charge is 0.300 e. The topological polar surface area (TPSA) is 52.2 Å². The molecule has 0 fully saturated rings. The van der Waals surface area contributed by atoms with Gasteiger partial charge in [-0.15, -0.1) is 0 Å². The van der Waals surface area contributed by atoms with Crippen LogP contribution < -0.4 is 4.80 Å². The summed E-state index contributed by atoms with van der Waals surface area (Å²) in [4.78, 5) is 17.3. The third-order valence-electron chi connectivity index (χ3n) is 3.50. The Morgan fingerprint density at radius 3 is 2.86 bits per heavy atom. The molecule has 2 heterocycles. The van der Waals surface area contributed by atoms with Gasteiger partial charge < -0.3 is 4.57 Å². The van der Waals surface area contributed by atoms with Crippen molar-refractivity contribution in [2.24, 2.45) is 12.0 Å². The first-order valence-electron chi connectivity index (χ1n) is 6.88. The van der Waals surface area contributed by atoms with Crippen molar-refractivity contribution < 1.29 is 4.79 Å². The number of para-hydroxylation sites is 1. The molecule has 0 aliphatic carbocycles. The molecule has 0 aliphatic rings. The second-order valence-electron chi connectivity index (χ2n) is 4.93. The summed E-state index contributed by atoms with van der Waals surface area (Å²) in [5, 5.41) is 4.19. The van der Waals surface area contributed by atoms with Crippen LogP contribution in [0.4, 0.5) is 0 Å². The monoisotopic (exact) mass is 378 g/mol. The molecule has 1 aromatic carbocycles. The highest BCUT2D eigenvalue weighted by Gasteiger charge is 2.13. The highest BCUT2D eigenvalue weighted by atomic mass is 79.9. The molecule has 5 nitrogen and oxygen atoms in total. The van der Waals surface area contributed by atoms with E-state index in [1.165, 1.54) is 11.3 Å². The molecule has 0 atom stereocenters. The molecule has 7 heteroatoms. The van der Waals surface area contributed by atoms with Gasteiger partial charge in [0.2, 0.25) is 0 Å². The number of thiazole rings is 1. The maximum absolute atomic E-state index is 12.3. The molecule has 0 N–H and O–H groups in total. The van der Waals surface area contributed by atoms with Crippen molar-refractivity contribution in [1.29, 1.82) is 0 Å². The molecule has 0 spiro atoms. The normalized spacial score (nSPS) is 12.3. The van der Waals surface area contributed by atoms with Crippen LogP contribution in [0, 0.1) is 6.92 Å². The molecule has 0 bridgehead atoms.